The first kappa shape index (κ1) is 27.5. The third-order valence-electron chi connectivity index (χ3n) is 6.46. The largest absolute Gasteiger partial charge is 0.353 e. The van der Waals surface area contributed by atoms with E-state index in [1.165, 1.54) is 11.8 Å². The summed E-state index contributed by atoms with van der Waals surface area (Å²) in [5.41, 5.74) is 4.63. The minimum Gasteiger partial charge on any atom is -0.353 e. The monoisotopic (exact) mass is 579 g/mol. The van der Waals surface area contributed by atoms with Gasteiger partial charge in [-0.25, -0.2) is 4.68 Å². The van der Waals surface area contributed by atoms with E-state index in [1.807, 2.05) is 96.6 Å². The number of nitrogens with one attached hydrogen (secondary N) is 1. The summed E-state index contributed by atoms with van der Waals surface area (Å²) in [5.74, 6) is 0.482. The Morgan fingerprint density at radius 3 is 2.64 bits per heavy atom. The second kappa shape index (κ2) is 12.0. The maximum atomic E-state index is 13.7. The van der Waals surface area contributed by atoms with Gasteiger partial charge in [0.2, 0.25) is 11.8 Å². The van der Waals surface area contributed by atoms with Crippen LogP contribution in [-0.2, 0) is 9.59 Å². The van der Waals surface area contributed by atoms with E-state index in [0.717, 1.165) is 32.9 Å². The number of carbonyl (C=O) groups excluding carboxylic acids is 2. The van der Waals surface area contributed by atoms with Gasteiger partial charge in [-0.1, -0.05) is 47.5 Å². The Labute approximate surface area is 241 Å². The first-order valence-electron chi connectivity index (χ1n) is 12.6. The number of amides is 2. The number of thioether (sulfide) groups is 1. The van der Waals surface area contributed by atoms with Crippen molar-refractivity contribution in [2.45, 2.75) is 12.2 Å². The summed E-state index contributed by atoms with van der Waals surface area (Å²) < 4.78 is 1.82. The molecule has 0 unspecified atom stereocenters. The molecule has 0 fully saturated rings. The number of thiophene rings is 1. The summed E-state index contributed by atoms with van der Waals surface area (Å²) in [6.07, 6.45) is 0. The van der Waals surface area contributed by atoms with E-state index in [9.17, 15) is 9.59 Å². The molecule has 0 saturated carbocycles. The number of nitrogens with zero attached hydrogens (tertiary/aromatic N) is 4. The van der Waals surface area contributed by atoms with Gasteiger partial charge in [-0.05, 0) is 62.3 Å². The normalized spacial score (nSPS) is 15.4. The number of carbonyl (C=O) groups is 2. The van der Waals surface area contributed by atoms with Gasteiger partial charge in [-0.15, -0.1) is 23.1 Å². The van der Waals surface area contributed by atoms with Gasteiger partial charge < -0.3 is 10.2 Å². The zero-order chi connectivity index (χ0) is 27.5. The van der Waals surface area contributed by atoms with E-state index in [4.69, 9.17) is 16.7 Å². The van der Waals surface area contributed by atoms with E-state index in [2.05, 4.69) is 5.32 Å². The molecule has 39 heavy (non-hydrogen) atoms. The van der Waals surface area contributed by atoms with Crippen molar-refractivity contribution in [2.75, 3.05) is 44.4 Å². The van der Waals surface area contributed by atoms with Crippen LogP contribution in [0.4, 0.5) is 5.82 Å². The number of anilines is 1. The van der Waals surface area contributed by atoms with Crippen LogP contribution in [0.5, 0.6) is 0 Å². The van der Waals surface area contributed by atoms with Gasteiger partial charge in [0, 0.05) is 23.7 Å². The van der Waals surface area contributed by atoms with E-state index in [0.29, 0.717) is 23.9 Å². The summed E-state index contributed by atoms with van der Waals surface area (Å²) in [5, 5.41) is 10.5. The maximum Gasteiger partial charge on any atom is 0.240 e. The summed E-state index contributed by atoms with van der Waals surface area (Å²) in [6, 6.07) is 19.8. The predicted molar refractivity (Wildman–Crippen MR) is 161 cm³/mol. The van der Waals surface area contributed by atoms with Crippen LogP contribution in [-0.4, -0.2) is 66.0 Å². The van der Waals surface area contributed by atoms with Gasteiger partial charge in [-0.2, -0.15) is 5.10 Å². The summed E-state index contributed by atoms with van der Waals surface area (Å²) in [4.78, 5) is 31.4. The number of aryl methyl sites for hydroxylation is 1. The highest BCUT2D eigenvalue weighted by molar-refractivity contribution is 8.00. The molecule has 0 spiro atoms. The molecule has 0 bridgehead atoms. The molecule has 202 valence electrons. The van der Waals surface area contributed by atoms with Crippen LogP contribution >= 0.6 is 34.7 Å². The standard InChI is InChI=1S/C29H30ClN5O2S2/c1-19-9-11-22(12-10-19)35-29-26(27(32-35)23-8-5-15-38-23)28(20-6-4-7-21(30)16-20)39-18-25(37)34(29)17-24(36)31-13-14-33(2)3/h4-12,15-16,28H,13-14,17-18H2,1-3H3,(H,31,36)/t28-/m0/s1. The molecule has 3 heterocycles. The lowest BCUT2D eigenvalue weighted by Gasteiger charge is -2.23. The molecular weight excluding hydrogens is 550 g/mol. The van der Waals surface area contributed by atoms with Crippen molar-refractivity contribution in [2.24, 2.45) is 0 Å². The van der Waals surface area contributed by atoms with Crippen molar-refractivity contribution in [1.82, 2.24) is 20.0 Å². The number of aromatic nitrogens is 2. The molecule has 2 aromatic heterocycles. The highest BCUT2D eigenvalue weighted by atomic mass is 35.5. The fourth-order valence-electron chi connectivity index (χ4n) is 4.53. The number of rotatable bonds is 8. The lowest BCUT2D eigenvalue weighted by atomic mass is 10.0. The number of fused-ring (bicyclic) bond motifs is 1. The number of likely N-dealkylation sites (N-methyl/N-ethyl adjacent to an activating group) is 1. The van der Waals surface area contributed by atoms with Crippen LogP contribution in [0.2, 0.25) is 5.02 Å². The molecule has 4 aromatic rings. The minimum atomic E-state index is -0.211. The quantitative estimate of drug-likeness (QED) is 0.302. The Morgan fingerprint density at radius 1 is 1.15 bits per heavy atom. The van der Waals surface area contributed by atoms with Gasteiger partial charge in [0.05, 0.1) is 21.6 Å². The van der Waals surface area contributed by atoms with Crippen molar-refractivity contribution in [3.05, 3.63) is 87.8 Å². The van der Waals surface area contributed by atoms with Crippen LogP contribution in [0, 0.1) is 6.92 Å². The summed E-state index contributed by atoms with van der Waals surface area (Å²) >= 11 is 9.56. The Kier molecular flexibility index (Phi) is 8.42. The second-order valence-corrected chi connectivity index (χ2v) is 12.2. The van der Waals surface area contributed by atoms with Crippen LogP contribution in [0.25, 0.3) is 16.3 Å². The average Bonchev–Trinajstić information content (AvgIpc) is 3.54. The van der Waals surface area contributed by atoms with E-state index in [-0.39, 0.29) is 29.4 Å². The molecule has 2 aromatic carbocycles. The average molecular weight is 580 g/mol. The Hall–Kier alpha value is -3.11. The fourth-order valence-corrected chi connectivity index (χ4v) is 6.64. The molecule has 1 atom stereocenters. The third-order valence-corrected chi connectivity index (χ3v) is 8.82. The summed E-state index contributed by atoms with van der Waals surface area (Å²) in [6.45, 7) is 3.15. The van der Waals surface area contributed by atoms with E-state index >= 15 is 0 Å². The zero-order valence-electron chi connectivity index (χ0n) is 22.1. The first-order valence-corrected chi connectivity index (χ1v) is 14.9. The zero-order valence-corrected chi connectivity index (χ0v) is 24.4. The van der Waals surface area contributed by atoms with E-state index in [1.54, 1.807) is 16.2 Å². The highest BCUT2D eigenvalue weighted by Gasteiger charge is 2.38. The molecular formula is C29H30ClN5O2S2. The Balaban J connectivity index is 1.70. The van der Waals surface area contributed by atoms with Crippen molar-refractivity contribution < 1.29 is 9.59 Å². The van der Waals surface area contributed by atoms with Crippen LogP contribution in [0.1, 0.15) is 21.9 Å². The Bertz CT molecular complexity index is 1470. The number of hydrogen-bond acceptors (Lipinski definition) is 6. The third kappa shape index (κ3) is 6.06. The van der Waals surface area contributed by atoms with Crippen molar-refractivity contribution in [1.29, 1.82) is 0 Å². The van der Waals surface area contributed by atoms with Crippen molar-refractivity contribution >= 4 is 52.3 Å². The molecule has 1 N–H and O–H groups in total. The molecule has 1 aliphatic heterocycles. The number of benzene rings is 2. The van der Waals surface area contributed by atoms with Gasteiger partial charge in [-0.3, -0.25) is 14.5 Å². The topological polar surface area (TPSA) is 70.5 Å². The van der Waals surface area contributed by atoms with E-state index < -0.39 is 0 Å². The minimum absolute atomic E-state index is 0.0937. The summed E-state index contributed by atoms with van der Waals surface area (Å²) in [7, 11) is 3.91. The van der Waals surface area contributed by atoms with Gasteiger partial charge in [0.15, 0.2) is 0 Å². The molecule has 0 saturated heterocycles. The highest BCUT2D eigenvalue weighted by Crippen LogP contribution is 2.49. The lowest BCUT2D eigenvalue weighted by Crippen LogP contribution is -2.43. The number of hydrogen-bond donors (Lipinski definition) is 1. The Morgan fingerprint density at radius 2 is 1.95 bits per heavy atom. The van der Waals surface area contributed by atoms with Crippen LogP contribution in [0.3, 0.4) is 0 Å². The maximum absolute atomic E-state index is 13.7. The van der Waals surface area contributed by atoms with Crippen LogP contribution < -0.4 is 10.2 Å². The smallest absolute Gasteiger partial charge is 0.240 e. The molecule has 1 aliphatic rings. The molecule has 5 rings (SSSR count). The molecule has 0 radical (unpaired) electrons. The number of halogens is 1. The predicted octanol–water partition coefficient (Wildman–Crippen LogP) is 5.41. The molecule has 10 heteroatoms. The molecule has 7 nitrogen and oxygen atoms in total. The SMILES string of the molecule is Cc1ccc(-n2nc(-c3cccs3)c3c2N(CC(=O)NCCN(C)C)C(=O)CS[C@H]3c2cccc(Cl)c2)cc1. The van der Waals surface area contributed by atoms with Gasteiger partial charge in [0.1, 0.15) is 18.1 Å². The first-order chi connectivity index (χ1) is 18.8. The second-order valence-electron chi connectivity index (χ2n) is 9.69. The van der Waals surface area contributed by atoms with Gasteiger partial charge >= 0.3 is 0 Å². The molecule has 0 aliphatic carbocycles. The van der Waals surface area contributed by atoms with Crippen LogP contribution in [0.15, 0.2) is 66.0 Å². The van der Waals surface area contributed by atoms with Crippen molar-refractivity contribution in [3.63, 3.8) is 0 Å². The lowest BCUT2D eigenvalue weighted by molar-refractivity contribution is -0.122. The molecule has 2 amide bonds. The fraction of sp³-hybridized carbons (Fsp3) is 0.276. The van der Waals surface area contributed by atoms with Gasteiger partial charge in [0.25, 0.3) is 0 Å². The van der Waals surface area contributed by atoms with Crippen molar-refractivity contribution in [3.8, 4) is 16.3 Å².